The van der Waals surface area contributed by atoms with Crippen molar-refractivity contribution < 1.29 is 9.59 Å². The summed E-state index contributed by atoms with van der Waals surface area (Å²) in [5, 5.41) is 10.6. The first-order chi connectivity index (χ1) is 14.9. The Morgan fingerprint density at radius 1 is 1.26 bits per heavy atom. The van der Waals surface area contributed by atoms with Gasteiger partial charge in [0.25, 0.3) is 5.91 Å². The maximum atomic E-state index is 13.0. The number of hydrogen-bond donors (Lipinski definition) is 3. The molecule has 5 N–H and O–H groups in total. The Morgan fingerprint density at radius 3 is 2.84 bits per heavy atom. The van der Waals surface area contributed by atoms with Gasteiger partial charge < -0.3 is 16.4 Å². The lowest BCUT2D eigenvalue weighted by molar-refractivity contribution is -0.114. The molecule has 0 spiro atoms. The number of primary amides is 1. The van der Waals surface area contributed by atoms with Crippen molar-refractivity contribution >= 4 is 39.7 Å². The number of fused-ring (bicyclic) bond motifs is 2. The standard InChI is InChI=1S/C23H19N5O2S/c1-12(22(25)29)10-28-11-16-14(5-6-17(24)20(16)23(28)30)13-4-7-18-15(9-13)21(27-26-18)19-3-2-8-31-19/h2-9H,1,10-11,24H2,(H2,25,29)(H,26,27). The quantitative estimate of drug-likeness (QED) is 0.332. The summed E-state index contributed by atoms with van der Waals surface area (Å²) in [5.74, 6) is -0.844. The number of carbonyl (C=O) groups excluding carboxylic acids is 2. The summed E-state index contributed by atoms with van der Waals surface area (Å²) in [7, 11) is 0. The summed E-state index contributed by atoms with van der Waals surface area (Å²) < 4.78 is 0. The van der Waals surface area contributed by atoms with Crippen molar-refractivity contribution in [3.05, 3.63) is 71.1 Å². The summed E-state index contributed by atoms with van der Waals surface area (Å²) in [6.07, 6.45) is 0. The second-order valence-electron chi connectivity index (χ2n) is 7.49. The Bertz CT molecular complexity index is 1370. The van der Waals surface area contributed by atoms with Crippen LogP contribution in [-0.2, 0) is 11.3 Å². The van der Waals surface area contributed by atoms with E-state index in [9.17, 15) is 9.59 Å². The first-order valence-electron chi connectivity index (χ1n) is 9.64. The number of aromatic amines is 1. The highest BCUT2D eigenvalue weighted by molar-refractivity contribution is 7.13. The first-order valence-corrected chi connectivity index (χ1v) is 10.5. The molecule has 3 heterocycles. The summed E-state index contributed by atoms with van der Waals surface area (Å²) in [5.41, 5.74) is 17.1. The fourth-order valence-corrected chi connectivity index (χ4v) is 4.72. The number of anilines is 1. The Morgan fingerprint density at radius 2 is 2.10 bits per heavy atom. The number of benzene rings is 2. The van der Waals surface area contributed by atoms with Gasteiger partial charge in [0.2, 0.25) is 5.91 Å². The molecule has 0 atom stereocenters. The monoisotopic (exact) mass is 429 g/mol. The zero-order valence-electron chi connectivity index (χ0n) is 16.5. The summed E-state index contributed by atoms with van der Waals surface area (Å²) in [6.45, 7) is 4.08. The normalized spacial score (nSPS) is 13.0. The molecule has 1 aliphatic heterocycles. The molecule has 4 aromatic rings. The van der Waals surface area contributed by atoms with E-state index in [0.29, 0.717) is 17.8 Å². The fraction of sp³-hybridized carbons (Fsp3) is 0.0870. The van der Waals surface area contributed by atoms with Crippen molar-refractivity contribution in [2.75, 3.05) is 12.3 Å². The topological polar surface area (TPSA) is 118 Å². The Hall–Kier alpha value is -3.91. The lowest BCUT2D eigenvalue weighted by Crippen LogP contribution is -2.30. The predicted octanol–water partition coefficient (Wildman–Crippen LogP) is 3.54. The van der Waals surface area contributed by atoms with E-state index in [1.54, 1.807) is 22.3 Å². The molecular weight excluding hydrogens is 410 g/mol. The number of H-pyrrole nitrogens is 1. The molecule has 0 saturated heterocycles. The van der Waals surface area contributed by atoms with Gasteiger partial charge >= 0.3 is 0 Å². The minimum Gasteiger partial charge on any atom is -0.398 e. The second kappa shape index (κ2) is 7.10. The van der Waals surface area contributed by atoms with Gasteiger partial charge in [-0.3, -0.25) is 14.7 Å². The van der Waals surface area contributed by atoms with Crippen LogP contribution in [0.4, 0.5) is 5.69 Å². The molecule has 2 aromatic heterocycles. The Balaban J connectivity index is 1.60. The molecule has 154 valence electrons. The first kappa shape index (κ1) is 19.1. The molecule has 31 heavy (non-hydrogen) atoms. The zero-order valence-corrected chi connectivity index (χ0v) is 17.3. The van der Waals surface area contributed by atoms with Crippen molar-refractivity contribution in [2.45, 2.75) is 6.54 Å². The van der Waals surface area contributed by atoms with Crippen LogP contribution in [0.1, 0.15) is 15.9 Å². The number of hydrogen-bond acceptors (Lipinski definition) is 5. The number of aromatic nitrogens is 2. The van der Waals surface area contributed by atoms with Crippen molar-refractivity contribution in [3.8, 4) is 21.7 Å². The van der Waals surface area contributed by atoms with Crippen LogP contribution in [0.25, 0.3) is 32.6 Å². The minimum absolute atomic E-state index is 0.0744. The van der Waals surface area contributed by atoms with Crippen LogP contribution >= 0.6 is 11.3 Å². The Kier molecular flexibility index (Phi) is 4.37. The highest BCUT2D eigenvalue weighted by atomic mass is 32.1. The van der Waals surface area contributed by atoms with Crippen LogP contribution in [0.2, 0.25) is 0 Å². The number of nitrogens with zero attached hydrogens (tertiary/aromatic N) is 2. The van der Waals surface area contributed by atoms with E-state index in [2.05, 4.69) is 22.8 Å². The molecular formula is C23H19N5O2S. The number of rotatable bonds is 5. The molecule has 8 heteroatoms. The molecule has 0 saturated carbocycles. The van der Waals surface area contributed by atoms with Crippen LogP contribution in [-0.4, -0.2) is 33.5 Å². The third-order valence-electron chi connectivity index (χ3n) is 5.55. The largest absolute Gasteiger partial charge is 0.398 e. The van der Waals surface area contributed by atoms with Crippen LogP contribution in [0.5, 0.6) is 0 Å². The number of nitrogens with two attached hydrogens (primary N) is 2. The predicted molar refractivity (Wildman–Crippen MR) is 122 cm³/mol. The fourth-order valence-electron chi connectivity index (χ4n) is 3.99. The van der Waals surface area contributed by atoms with Crippen LogP contribution < -0.4 is 11.5 Å². The van der Waals surface area contributed by atoms with Gasteiger partial charge in [0.1, 0.15) is 5.69 Å². The van der Waals surface area contributed by atoms with E-state index in [4.69, 9.17) is 11.5 Å². The smallest absolute Gasteiger partial charge is 0.256 e. The number of nitrogen functional groups attached to an aromatic ring is 1. The van der Waals surface area contributed by atoms with E-state index in [-0.39, 0.29) is 18.0 Å². The van der Waals surface area contributed by atoms with Crippen molar-refractivity contribution in [1.82, 2.24) is 15.1 Å². The molecule has 5 rings (SSSR count). The maximum absolute atomic E-state index is 13.0. The average molecular weight is 430 g/mol. The maximum Gasteiger partial charge on any atom is 0.256 e. The molecule has 7 nitrogen and oxygen atoms in total. The summed E-state index contributed by atoms with van der Waals surface area (Å²) in [6, 6.07) is 13.8. The van der Waals surface area contributed by atoms with E-state index < -0.39 is 5.91 Å². The molecule has 2 amide bonds. The van der Waals surface area contributed by atoms with Crippen LogP contribution in [0.3, 0.4) is 0 Å². The molecule has 0 aliphatic carbocycles. The summed E-state index contributed by atoms with van der Waals surface area (Å²) >= 11 is 1.63. The lowest BCUT2D eigenvalue weighted by atomic mass is 9.94. The minimum atomic E-state index is -0.622. The number of thiophene rings is 1. The van der Waals surface area contributed by atoms with Gasteiger partial charge in [-0.1, -0.05) is 24.8 Å². The van der Waals surface area contributed by atoms with Crippen molar-refractivity contribution in [1.29, 1.82) is 0 Å². The molecule has 0 unspecified atom stereocenters. The van der Waals surface area contributed by atoms with E-state index in [0.717, 1.165) is 38.2 Å². The van der Waals surface area contributed by atoms with Crippen molar-refractivity contribution in [3.63, 3.8) is 0 Å². The molecule has 1 aliphatic rings. The molecule has 0 radical (unpaired) electrons. The molecule has 2 aromatic carbocycles. The zero-order chi connectivity index (χ0) is 21.7. The van der Waals surface area contributed by atoms with E-state index in [1.165, 1.54) is 0 Å². The van der Waals surface area contributed by atoms with Gasteiger partial charge in [0.05, 0.1) is 22.5 Å². The van der Waals surface area contributed by atoms with Gasteiger partial charge in [-0.2, -0.15) is 5.10 Å². The van der Waals surface area contributed by atoms with E-state index in [1.807, 2.05) is 35.7 Å². The van der Waals surface area contributed by atoms with Gasteiger partial charge in [0.15, 0.2) is 0 Å². The van der Waals surface area contributed by atoms with Crippen LogP contribution in [0.15, 0.2) is 60.0 Å². The molecule has 0 bridgehead atoms. The summed E-state index contributed by atoms with van der Waals surface area (Å²) in [4.78, 5) is 27.0. The average Bonchev–Trinajstić information content (AvgIpc) is 3.47. The highest BCUT2D eigenvalue weighted by Crippen LogP contribution is 2.38. The number of amides is 2. The van der Waals surface area contributed by atoms with E-state index >= 15 is 0 Å². The lowest BCUT2D eigenvalue weighted by Gasteiger charge is -2.15. The van der Waals surface area contributed by atoms with Gasteiger partial charge in [-0.25, -0.2) is 0 Å². The van der Waals surface area contributed by atoms with Gasteiger partial charge in [-0.15, -0.1) is 11.3 Å². The third kappa shape index (κ3) is 3.08. The van der Waals surface area contributed by atoms with Crippen LogP contribution in [0, 0.1) is 0 Å². The van der Waals surface area contributed by atoms with Gasteiger partial charge in [0, 0.05) is 23.2 Å². The molecule has 0 fully saturated rings. The SMILES string of the molecule is C=C(CN1Cc2c(-c3ccc4[nH]nc(-c5cccs5)c4c3)ccc(N)c2C1=O)C(N)=O. The number of nitrogens with one attached hydrogen (secondary N) is 1. The third-order valence-corrected chi connectivity index (χ3v) is 6.43. The number of carbonyl (C=O) groups is 2. The second-order valence-corrected chi connectivity index (χ2v) is 8.44. The highest BCUT2D eigenvalue weighted by Gasteiger charge is 2.32. The Labute approximate surface area is 182 Å². The van der Waals surface area contributed by atoms with Gasteiger partial charge in [-0.05, 0) is 46.3 Å². The van der Waals surface area contributed by atoms with Crippen molar-refractivity contribution in [2.24, 2.45) is 5.73 Å².